The van der Waals surface area contributed by atoms with E-state index in [4.69, 9.17) is 5.73 Å². The number of aromatic nitrogens is 2. The van der Waals surface area contributed by atoms with Gasteiger partial charge < -0.3 is 15.5 Å². The molecule has 0 radical (unpaired) electrons. The van der Waals surface area contributed by atoms with E-state index in [0.29, 0.717) is 34.9 Å². The molecule has 0 saturated carbocycles. The Morgan fingerprint density at radius 2 is 1.70 bits per heavy atom. The number of benzene rings is 2. The van der Waals surface area contributed by atoms with Crippen LogP contribution in [0.4, 0.5) is 11.5 Å². The van der Waals surface area contributed by atoms with Crippen LogP contribution in [0.5, 0.6) is 0 Å². The van der Waals surface area contributed by atoms with Gasteiger partial charge in [0.2, 0.25) is 16.4 Å². The lowest BCUT2D eigenvalue weighted by Gasteiger charge is -2.23. The van der Waals surface area contributed by atoms with Gasteiger partial charge in [-0.1, -0.05) is 45.0 Å². The third-order valence-corrected chi connectivity index (χ3v) is 10.0. The molecule has 0 atom stereocenters. The maximum atomic E-state index is 13.5. The van der Waals surface area contributed by atoms with E-state index in [1.165, 1.54) is 24.1 Å². The van der Waals surface area contributed by atoms with Crippen LogP contribution in [0.25, 0.3) is 10.8 Å². The first-order valence-electron chi connectivity index (χ1n) is 14.4. The van der Waals surface area contributed by atoms with Crippen LogP contribution in [-0.4, -0.2) is 67.0 Å². The topological polar surface area (TPSA) is 173 Å². The highest BCUT2D eigenvalue weighted by molar-refractivity contribution is 8.17. The fourth-order valence-corrected chi connectivity index (χ4v) is 6.59. The van der Waals surface area contributed by atoms with Crippen LogP contribution >= 0.6 is 24.2 Å². The van der Waals surface area contributed by atoms with Gasteiger partial charge in [0, 0.05) is 66.4 Å². The summed E-state index contributed by atoms with van der Waals surface area (Å²) in [5.74, 6) is -0.593. The average Bonchev–Trinajstić information content (AvgIpc) is 2.97. The number of nitrogens with one attached hydrogen (secondary N) is 1. The molecule has 0 saturated heterocycles. The second kappa shape index (κ2) is 16.3. The second-order valence-corrected chi connectivity index (χ2v) is 14.6. The molecule has 1 amide bonds. The number of nitrogen functional groups attached to an aromatic ring is 1. The summed E-state index contributed by atoms with van der Waals surface area (Å²) in [6, 6.07) is 10.4. The Labute approximate surface area is 286 Å². The molecule has 3 aromatic rings. The highest BCUT2D eigenvalue weighted by Gasteiger charge is 2.29. The van der Waals surface area contributed by atoms with E-state index in [0.717, 1.165) is 11.1 Å². The first-order chi connectivity index (χ1) is 21.5. The Hall–Kier alpha value is -3.85. The Bertz CT molecular complexity index is 1810. The molecule has 12 nitrogen and oxygen atoms in total. The normalized spacial score (nSPS) is 12.1. The van der Waals surface area contributed by atoms with Gasteiger partial charge in [-0.25, -0.2) is 23.1 Å². The molecule has 47 heavy (non-hydrogen) atoms. The number of nitrogens with zero attached hydrogens (tertiary/aromatic N) is 4. The smallest absolute Gasteiger partial charge is 0.241 e. The first kappa shape index (κ1) is 39.3. The van der Waals surface area contributed by atoms with Gasteiger partial charge in [-0.3, -0.25) is 19.2 Å². The van der Waals surface area contributed by atoms with Gasteiger partial charge in [0.15, 0.2) is 10.9 Å². The van der Waals surface area contributed by atoms with E-state index in [1.807, 2.05) is 31.1 Å². The number of amides is 1. The number of hydrogen-bond acceptors (Lipinski definition) is 11. The molecular formula is C32H41ClN6O6S2. The summed E-state index contributed by atoms with van der Waals surface area (Å²) in [7, 11) is -0.262. The van der Waals surface area contributed by atoms with Crippen molar-refractivity contribution in [3.63, 3.8) is 0 Å². The second-order valence-electron chi connectivity index (χ2n) is 11.9. The number of ketones is 2. The van der Waals surface area contributed by atoms with E-state index in [9.17, 15) is 27.6 Å². The molecule has 3 rings (SSSR count). The minimum absolute atomic E-state index is 0. The maximum absolute atomic E-state index is 13.5. The van der Waals surface area contributed by atoms with Gasteiger partial charge in [0.25, 0.3) is 0 Å². The highest BCUT2D eigenvalue weighted by atomic mass is 35.5. The molecule has 1 heterocycles. The van der Waals surface area contributed by atoms with Crippen LogP contribution in [0.2, 0.25) is 0 Å². The molecule has 1 aromatic heterocycles. The lowest BCUT2D eigenvalue weighted by atomic mass is 10.00. The number of anilines is 2. The van der Waals surface area contributed by atoms with Crippen LogP contribution < -0.4 is 15.4 Å². The fraction of sp³-hybridized carbons (Fsp3) is 0.375. The molecule has 2 aromatic carbocycles. The summed E-state index contributed by atoms with van der Waals surface area (Å²) in [4.78, 5) is 62.8. The van der Waals surface area contributed by atoms with Gasteiger partial charge in [-0.15, -0.1) is 12.4 Å². The predicted octanol–water partition coefficient (Wildman–Crippen LogP) is 4.40. The van der Waals surface area contributed by atoms with Crippen LogP contribution in [0.3, 0.4) is 0 Å². The predicted molar refractivity (Wildman–Crippen MR) is 188 cm³/mol. The Morgan fingerprint density at radius 1 is 1.06 bits per heavy atom. The molecule has 0 bridgehead atoms. The van der Waals surface area contributed by atoms with Crippen molar-refractivity contribution < 1.29 is 27.6 Å². The number of carbonyl (C=O) groups is 4. The molecule has 0 aliphatic heterocycles. The molecule has 15 heteroatoms. The molecule has 0 aliphatic carbocycles. The number of aryl methyl sites for hydroxylation is 1. The standard InChI is InChI=1S/C32H40N6O6S2.ClH/c1-20(38(19-39)18-22-17-34-21(2)36-30(22)33)29(45-31(42)32(3,4)5)27(41)16-23(40)14-15-35-46(43,44)28-13-9-10-24-25(28)11-8-12-26(24)37(6)7;/h8-13,17,19,35H,14-16,18H2,1-7H3,(H2,33,34,36);1H. The van der Waals surface area contributed by atoms with Crippen LogP contribution in [0.15, 0.2) is 58.1 Å². The number of carbonyl (C=O) groups excluding carboxylic acids is 4. The average molecular weight is 705 g/mol. The van der Waals surface area contributed by atoms with Crippen molar-refractivity contribution in [3.05, 3.63) is 64.6 Å². The lowest BCUT2D eigenvalue weighted by molar-refractivity contribution is -0.125. The van der Waals surface area contributed by atoms with Gasteiger partial charge >= 0.3 is 0 Å². The van der Waals surface area contributed by atoms with E-state index in [-0.39, 0.29) is 58.3 Å². The summed E-state index contributed by atoms with van der Waals surface area (Å²) in [6.07, 6.45) is 1.11. The lowest BCUT2D eigenvalue weighted by Crippen LogP contribution is -2.28. The van der Waals surface area contributed by atoms with E-state index in [1.54, 1.807) is 45.9 Å². The zero-order chi connectivity index (χ0) is 34.4. The van der Waals surface area contributed by atoms with Crippen LogP contribution in [-0.2, 0) is 35.7 Å². The molecule has 0 fully saturated rings. The number of thioether (sulfide) groups is 1. The summed E-state index contributed by atoms with van der Waals surface area (Å²) < 4.78 is 28.9. The van der Waals surface area contributed by atoms with Crippen molar-refractivity contribution in [2.24, 2.45) is 5.41 Å². The first-order valence-corrected chi connectivity index (χ1v) is 16.7. The molecule has 254 valence electrons. The number of rotatable bonds is 14. The summed E-state index contributed by atoms with van der Waals surface area (Å²) in [6.45, 7) is 7.93. The number of sulfonamides is 1. The van der Waals surface area contributed by atoms with E-state index < -0.39 is 33.4 Å². The van der Waals surface area contributed by atoms with Gasteiger partial charge in [-0.2, -0.15) is 0 Å². The maximum Gasteiger partial charge on any atom is 0.241 e. The SMILES string of the molecule is CC(=C(SC(=O)C(C)(C)C)C(=O)CC(=O)CCNS(=O)(=O)c1cccc2c(N(C)C)cccc12)N(C=O)Cc1cnc(C)nc1N.Cl. The van der Waals surface area contributed by atoms with Crippen LogP contribution in [0, 0.1) is 12.3 Å². The van der Waals surface area contributed by atoms with E-state index in [2.05, 4.69) is 14.7 Å². The number of nitrogens with two attached hydrogens (primary N) is 1. The Morgan fingerprint density at radius 3 is 2.30 bits per heavy atom. The van der Waals surface area contributed by atoms with Crippen molar-refractivity contribution in [3.8, 4) is 0 Å². The number of fused-ring (bicyclic) bond motifs is 1. The molecule has 0 unspecified atom stereocenters. The molecule has 0 aliphatic rings. The molecular weight excluding hydrogens is 664 g/mol. The number of Topliss-reactive ketones (excluding diaryl/α,β-unsaturated/α-hetero) is 2. The van der Waals surface area contributed by atoms with E-state index >= 15 is 0 Å². The monoisotopic (exact) mass is 704 g/mol. The van der Waals surface area contributed by atoms with Crippen LogP contribution in [0.1, 0.15) is 51.9 Å². The summed E-state index contributed by atoms with van der Waals surface area (Å²) >= 11 is 0.661. The number of halogens is 1. The minimum atomic E-state index is -4.00. The third kappa shape index (κ3) is 10.1. The minimum Gasteiger partial charge on any atom is -0.383 e. The summed E-state index contributed by atoms with van der Waals surface area (Å²) in [5.41, 5.74) is 6.61. The zero-order valence-electron chi connectivity index (χ0n) is 27.5. The highest BCUT2D eigenvalue weighted by Crippen LogP contribution is 2.33. The van der Waals surface area contributed by atoms with Crippen molar-refractivity contribution in [1.82, 2.24) is 19.6 Å². The van der Waals surface area contributed by atoms with Crippen molar-refractivity contribution >= 4 is 79.6 Å². The molecule has 3 N–H and O–H groups in total. The van der Waals surface area contributed by atoms with Crippen molar-refractivity contribution in [2.75, 3.05) is 31.3 Å². The van der Waals surface area contributed by atoms with Crippen molar-refractivity contribution in [2.45, 2.75) is 58.9 Å². The fourth-order valence-electron chi connectivity index (χ4n) is 4.40. The van der Waals surface area contributed by atoms with Gasteiger partial charge in [0.05, 0.1) is 22.8 Å². The van der Waals surface area contributed by atoms with Crippen molar-refractivity contribution in [1.29, 1.82) is 0 Å². The third-order valence-electron chi connectivity index (χ3n) is 6.99. The largest absolute Gasteiger partial charge is 0.383 e. The molecule has 0 spiro atoms. The summed E-state index contributed by atoms with van der Waals surface area (Å²) in [5, 5.41) is 0.954. The number of allylic oxidation sites excluding steroid dienone is 2. The van der Waals surface area contributed by atoms with Gasteiger partial charge in [-0.05, 0) is 37.7 Å². The quantitative estimate of drug-likeness (QED) is 0.138. The van der Waals surface area contributed by atoms with Gasteiger partial charge in [0.1, 0.15) is 17.4 Å². The number of hydrogen-bond donors (Lipinski definition) is 2. The Balaban J connectivity index is 0.00000768. The zero-order valence-corrected chi connectivity index (χ0v) is 29.9. The Kier molecular flexibility index (Phi) is 13.6.